The molecule has 1 aromatic rings. The molecule has 1 aliphatic heterocycles. The van der Waals surface area contributed by atoms with Crippen molar-refractivity contribution >= 4 is 11.8 Å². The monoisotopic (exact) mass is 387 g/mol. The number of aryl methyl sites for hydroxylation is 1. The van der Waals surface area contributed by atoms with Crippen molar-refractivity contribution in [2.45, 2.75) is 58.1 Å². The quantitative estimate of drug-likeness (QED) is 0.812. The van der Waals surface area contributed by atoms with Gasteiger partial charge < -0.3 is 20.3 Å². The predicted octanol–water partition coefficient (Wildman–Crippen LogP) is 2.20. The number of carbonyl (C=O) groups excluding carboxylic acids is 2. The number of nitrogens with zero attached hydrogens (tertiary/aromatic N) is 2. The molecule has 154 valence electrons. The molecule has 6 heteroatoms. The Hall–Kier alpha value is -2.08. The van der Waals surface area contributed by atoms with Crippen molar-refractivity contribution in [1.82, 2.24) is 9.80 Å². The molecular weight excluding hydrogens is 354 g/mol. The average Bonchev–Trinajstić information content (AvgIpc) is 3.12. The second-order valence-corrected chi connectivity index (χ2v) is 8.02. The Morgan fingerprint density at radius 2 is 1.75 bits per heavy atom. The molecule has 1 saturated heterocycles. The van der Waals surface area contributed by atoms with Crippen molar-refractivity contribution in [2.75, 3.05) is 26.2 Å². The molecule has 1 unspecified atom stereocenters. The highest BCUT2D eigenvalue weighted by Crippen LogP contribution is 2.27. The van der Waals surface area contributed by atoms with Gasteiger partial charge in [0.05, 0.1) is 0 Å². The molecule has 0 radical (unpaired) electrons. The second-order valence-electron chi connectivity index (χ2n) is 8.02. The van der Waals surface area contributed by atoms with Crippen molar-refractivity contribution in [3.8, 4) is 5.75 Å². The lowest BCUT2D eigenvalue weighted by Crippen LogP contribution is -2.53. The lowest BCUT2D eigenvalue weighted by Gasteiger charge is -2.36. The first-order valence-electron chi connectivity index (χ1n) is 10.6. The first-order valence-corrected chi connectivity index (χ1v) is 10.6. The largest absolute Gasteiger partial charge is 0.481 e. The maximum atomic E-state index is 12.7. The van der Waals surface area contributed by atoms with Crippen molar-refractivity contribution in [1.29, 1.82) is 0 Å². The zero-order valence-corrected chi connectivity index (χ0v) is 17.1. The molecule has 2 fully saturated rings. The normalized spacial score (nSPS) is 23.5. The minimum absolute atomic E-state index is 0.0236. The van der Waals surface area contributed by atoms with Gasteiger partial charge in [0.2, 0.25) is 5.91 Å². The molecule has 1 heterocycles. The van der Waals surface area contributed by atoms with Crippen molar-refractivity contribution in [3.05, 3.63) is 29.8 Å². The van der Waals surface area contributed by atoms with Gasteiger partial charge in [0.1, 0.15) is 5.75 Å². The van der Waals surface area contributed by atoms with E-state index in [2.05, 4.69) is 6.92 Å². The number of nitrogens with two attached hydrogens (primary N) is 1. The Balaban J connectivity index is 1.45. The van der Waals surface area contributed by atoms with E-state index in [9.17, 15) is 9.59 Å². The lowest BCUT2D eigenvalue weighted by molar-refractivity contribution is -0.144. The number of carbonyl (C=O) groups is 2. The highest BCUT2D eigenvalue weighted by Gasteiger charge is 2.31. The maximum Gasteiger partial charge on any atom is 0.263 e. The molecule has 28 heavy (non-hydrogen) atoms. The van der Waals surface area contributed by atoms with Crippen LogP contribution in [-0.2, 0) is 16.0 Å². The smallest absolute Gasteiger partial charge is 0.263 e. The summed E-state index contributed by atoms with van der Waals surface area (Å²) < 4.78 is 5.82. The third kappa shape index (κ3) is 5.04. The van der Waals surface area contributed by atoms with Gasteiger partial charge in [-0.25, -0.2) is 0 Å². The van der Waals surface area contributed by atoms with Gasteiger partial charge in [-0.1, -0.05) is 25.5 Å². The fraction of sp³-hybridized carbons (Fsp3) is 0.636. The molecule has 0 spiro atoms. The van der Waals surface area contributed by atoms with Crippen LogP contribution in [0.5, 0.6) is 5.75 Å². The number of benzene rings is 1. The highest BCUT2D eigenvalue weighted by atomic mass is 16.5. The molecule has 1 saturated carbocycles. The van der Waals surface area contributed by atoms with Crippen molar-refractivity contribution in [2.24, 2.45) is 11.7 Å². The third-order valence-electron chi connectivity index (χ3n) is 6.09. The van der Waals surface area contributed by atoms with Crippen LogP contribution in [0.25, 0.3) is 0 Å². The van der Waals surface area contributed by atoms with Crippen LogP contribution in [0.4, 0.5) is 0 Å². The van der Waals surface area contributed by atoms with Crippen LogP contribution in [0, 0.1) is 5.92 Å². The molecule has 2 aliphatic rings. The molecule has 0 aromatic heterocycles. The van der Waals surface area contributed by atoms with Gasteiger partial charge >= 0.3 is 0 Å². The zero-order chi connectivity index (χ0) is 20.1. The molecular formula is C22H33N3O3. The van der Waals surface area contributed by atoms with Gasteiger partial charge in [-0.3, -0.25) is 9.59 Å². The molecule has 1 aliphatic carbocycles. The first kappa shape index (κ1) is 20.6. The number of hydrogen-bond donors (Lipinski definition) is 1. The van der Waals surface area contributed by atoms with Crippen molar-refractivity contribution in [3.63, 3.8) is 0 Å². The summed E-state index contributed by atoms with van der Waals surface area (Å²) in [6, 6.07) is 8.02. The van der Waals surface area contributed by atoms with E-state index in [1.165, 1.54) is 5.56 Å². The Labute approximate surface area is 168 Å². The van der Waals surface area contributed by atoms with E-state index < -0.39 is 6.10 Å². The lowest BCUT2D eigenvalue weighted by atomic mass is 9.99. The molecule has 2 N–H and O–H groups in total. The standard InChI is InChI=1S/C22H33N3O3/c1-3-17-7-9-19(10-8-17)28-16(2)22(27)25-13-11-24(12-14-25)21(26)15-18-5-4-6-20(18)23/h7-10,16,18,20H,3-6,11-15,23H2,1-2H3/t16?,18-,20+/m0/s1. The molecule has 3 rings (SSSR count). The predicted molar refractivity (Wildman–Crippen MR) is 109 cm³/mol. The van der Waals surface area contributed by atoms with Crippen LogP contribution in [0.3, 0.4) is 0 Å². The van der Waals surface area contributed by atoms with Crippen LogP contribution in [0.15, 0.2) is 24.3 Å². The maximum absolute atomic E-state index is 12.7. The first-order chi connectivity index (χ1) is 13.5. The number of hydrogen-bond acceptors (Lipinski definition) is 4. The topological polar surface area (TPSA) is 75.9 Å². The van der Waals surface area contributed by atoms with Gasteiger partial charge in [0.15, 0.2) is 6.10 Å². The summed E-state index contributed by atoms with van der Waals surface area (Å²) in [5, 5.41) is 0. The minimum atomic E-state index is -0.536. The van der Waals surface area contributed by atoms with Gasteiger partial charge in [0, 0.05) is 38.6 Å². The minimum Gasteiger partial charge on any atom is -0.481 e. The summed E-state index contributed by atoms with van der Waals surface area (Å²) in [6.07, 6.45) is 4.19. The Bertz CT molecular complexity index is 668. The number of amides is 2. The fourth-order valence-corrected chi connectivity index (χ4v) is 4.16. The van der Waals surface area contributed by atoms with E-state index in [1.807, 2.05) is 29.2 Å². The van der Waals surface area contributed by atoms with Crippen LogP contribution in [0.1, 0.15) is 45.1 Å². The SMILES string of the molecule is CCc1ccc(OC(C)C(=O)N2CCN(C(=O)C[C@@H]3CCC[C@H]3N)CC2)cc1. The third-order valence-corrected chi connectivity index (χ3v) is 6.09. The summed E-state index contributed by atoms with van der Waals surface area (Å²) in [6.45, 7) is 6.19. The highest BCUT2D eigenvalue weighted by molar-refractivity contribution is 5.81. The number of piperazine rings is 1. The molecule has 2 amide bonds. The van der Waals surface area contributed by atoms with Gasteiger partial charge in [0.25, 0.3) is 5.91 Å². The van der Waals surface area contributed by atoms with E-state index in [4.69, 9.17) is 10.5 Å². The number of rotatable bonds is 6. The van der Waals surface area contributed by atoms with Crippen LogP contribution >= 0.6 is 0 Å². The van der Waals surface area contributed by atoms with E-state index in [1.54, 1.807) is 11.8 Å². The van der Waals surface area contributed by atoms with Gasteiger partial charge in [-0.15, -0.1) is 0 Å². The summed E-state index contributed by atoms with van der Waals surface area (Å²) in [5.41, 5.74) is 7.34. The van der Waals surface area contributed by atoms with E-state index in [0.29, 0.717) is 44.3 Å². The number of ether oxygens (including phenoxy) is 1. The summed E-state index contributed by atoms with van der Waals surface area (Å²) in [7, 11) is 0. The van der Waals surface area contributed by atoms with Crippen molar-refractivity contribution < 1.29 is 14.3 Å². The summed E-state index contributed by atoms with van der Waals surface area (Å²) in [4.78, 5) is 28.9. The van der Waals surface area contributed by atoms with Crippen LogP contribution < -0.4 is 10.5 Å². The fourth-order valence-electron chi connectivity index (χ4n) is 4.16. The Morgan fingerprint density at radius 1 is 1.11 bits per heavy atom. The zero-order valence-electron chi connectivity index (χ0n) is 17.1. The second kappa shape index (κ2) is 9.41. The Kier molecular flexibility index (Phi) is 6.94. The van der Waals surface area contributed by atoms with Crippen LogP contribution in [-0.4, -0.2) is 59.9 Å². The Morgan fingerprint density at radius 3 is 2.32 bits per heavy atom. The average molecular weight is 388 g/mol. The molecule has 1 aromatic carbocycles. The van der Waals surface area contributed by atoms with E-state index in [0.717, 1.165) is 25.7 Å². The van der Waals surface area contributed by atoms with E-state index in [-0.39, 0.29) is 17.9 Å². The summed E-state index contributed by atoms with van der Waals surface area (Å²) in [5.74, 6) is 1.18. The van der Waals surface area contributed by atoms with Gasteiger partial charge in [-0.05, 0) is 49.8 Å². The summed E-state index contributed by atoms with van der Waals surface area (Å²) >= 11 is 0. The van der Waals surface area contributed by atoms with Crippen LogP contribution in [0.2, 0.25) is 0 Å². The molecule has 6 nitrogen and oxygen atoms in total. The molecule has 3 atom stereocenters. The molecule has 0 bridgehead atoms. The van der Waals surface area contributed by atoms with Gasteiger partial charge in [-0.2, -0.15) is 0 Å². The van der Waals surface area contributed by atoms with E-state index >= 15 is 0 Å².